The minimum atomic E-state index is -0.383. The molecule has 7 nitrogen and oxygen atoms in total. The number of nitrogens with one attached hydrogen (secondary N) is 2. The molecule has 0 aliphatic carbocycles. The summed E-state index contributed by atoms with van der Waals surface area (Å²) in [4.78, 5) is 29.6. The molecule has 0 aromatic heterocycles. The first-order chi connectivity index (χ1) is 17.4. The van der Waals surface area contributed by atoms with Gasteiger partial charge >= 0.3 is 0 Å². The lowest BCUT2D eigenvalue weighted by Gasteiger charge is -2.36. The van der Waals surface area contributed by atoms with E-state index >= 15 is 0 Å². The quantitative estimate of drug-likeness (QED) is 0.372. The van der Waals surface area contributed by atoms with Crippen molar-refractivity contribution < 1.29 is 14.3 Å². The van der Waals surface area contributed by atoms with E-state index in [0.717, 1.165) is 34.5 Å². The minimum Gasteiger partial charge on any atom is -0.495 e. The summed E-state index contributed by atoms with van der Waals surface area (Å²) in [6, 6.07) is 20.6. The highest BCUT2D eigenvalue weighted by atomic mass is 79.9. The SMILES string of the molecule is COc1c(Br)cc(Br)cc1C(=O)NC(=S)Nc1ccc(N2CCN(C(=O)c3ccccc3)CC2)cc1. The van der Waals surface area contributed by atoms with Crippen LogP contribution >= 0.6 is 44.1 Å². The maximum Gasteiger partial charge on any atom is 0.261 e. The summed E-state index contributed by atoms with van der Waals surface area (Å²) < 4.78 is 6.74. The Morgan fingerprint density at radius 2 is 1.61 bits per heavy atom. The number of piperazine rings is 1. The van der Waals surface area contributed by atoms with Crippen molar-refractivity contribution in [3.8, 4) is 5.75 Å². The van der Waals surface area contributed by atoms with Crippen molar-refractivity contribution in [1.29, 1.82) is 0 Å². The number of halogens is 2. The lowest BCUT2D eigenvalue weighted by atomic mass is 10.1. The molecule has 1 aliphatic heterocycles. The van der Waals surface area contributed by atoms with Crippen LogP contribution in [0.1, 0.15) is 20.7 Å². The Morgan fingerprint density at radius 1 is 0.944 bits per heavy atom. The fourth-order valence-corrected chi connectivity index (χ4v) is 5.55. The van der Waals surface area contributed by atoms with E-state index in [-0.39, 0.29) is 16.9 Å². The summed E-state index contributed by atoms with van der Waals surface area (Å²) in [5, 5.41) is 5.92. The number of methoxy groups -OCH3 is 1. The van der Waals surface area contributed by atoms with Gasteiger partial charge in [0, 0.05) is 47.6 Å². The number of anilines is 2. The summed E-state index contributed by atoms with van der Waals surface area (Å²) >= 11 is 12.1. The third kappa shape index (κ3) is 6.24. The Balaban J connectivity index is 1.31. The van der Waals surface area contributed by atoms with E-state index in [1.807, 2.05) is 59.5 Å². The molecule has 1 aliphatic rings. The lowest BCUT2D eigenvalue weighted by Crippen LogP contribution is -2.48. The number of thiocarbonyl (C=S) groups is 1. The van der Waals surface area contributed by atoms with E-state index < -0.39 is 0 Å². The molecule has 36 heavy (non-hydrogen) atoms. The average Bonchev–Trinajstić information content (AvgIpc) is 2.89. The van der Waals surface area contributed by atoms with Crippen molar-refractivity contribution in [3.05, 3.63) is 86.8 Å². The first-order valence-corrected chi connectivity index (χ1v) is 13.2. The normalized spacial score (nSPS) is 13.2. The third-order valence-electron chi connectivity index (χ3n) is 5.76. The largest absolute Gasteiger partial charge is 0.495 e. The summed E-state index contributed by atoms with van der Waals surface area (Å²) in [5.74, 6) is 0.109. The highest BCUT2D eigenvalue weighted by Gasteiger charge is 2.22. The third-order valence-corrected chi connectivity index (χ3v) is 7.01. The first kappa shape index (κ1) is 26.1. The zero-order chi connectivity index (χ0) is 25.7. The standard InChI is InChI=1S/C26H24Br2N4O3S/c1-35-23-21(15-18(27)16-22(23)28)24(33)30-26(36)29-19-7-9-20(10-8-19)31-11-13-32(14-12-31)25(34)17-5-3-2-4-6-17/h2-10,15-16H,11-14H2,1H3,(H2,29,30,33,36). The number of ether oxygens (including phenoxy) is 1. The number of benzene rings is 3. The molecule has 2 amide bonds. The van der Waals surface area contributed by atoms with E-state index in [9.17, 15) is 9.59 Å². The Kier molecular flexibility index (Phi) is 8.60. The molecule has 1 heterocycles. The summed E-state index contributed by atoms with van der Waals surface area (Å²) in [6.45, 7) is 2.84. The molecule has 0 saturated carbocycles. The number of carbonyl (C=O) groups excluding carboxylic acids is 2. The zero-order valence-corrected chi connectivity index (χ0v) is 23.5. The minimum absolute atomic E-state index is 0.0678. The van der Waals surface area contributed by atoms with Gasteiger partial charge in [0.1, 0.15) is 5.75 Å². The van der Waals surface area contributed by atoms with E-state index in [4.69, 9.17) is 17.0 Å². The number of nitrogens with zero attached hydrogens (tertiary/aromatic N) is 2. The maximum atomic E-state index is 12.8. The summed E-state index contributed by atoms with van der Waals surface area (Å²) in [5.41, 5.74) is 2.88. The van der Waals surface area contributed by atoms with Gasteiger partial charge in [0.15, 0.2) is 5.11 Å². The molecule has 0 unspecified atom stereocenters. The topological polar surface area (TPSA) is 73.9 Å². The van der Waals surface area contributed by atoms with E-state index in [1.54, 1.807) is 12.1 Å². The summed E-state index contributed by atoms with van der Waals surface area (Å²) in [6.07, 6.45) is 0. The Morgan fingerprint density at radius 3 is 2.25 bits per heavy atom. The molecule has 0 spiro atoms. The van der Waals surface area contributed by atoms with Gasteiger partial charge in [-0.1, -0.05) is 34.1 Å². The van der Waals surface area contributed by atoms with Crippen LogP contribution in [0.25, 0.3) is 0 Å². The Bertz CT molecular complexity index is 1260. The van der Waals surface area contributed by atoms with Crippen LogP contribution in [0.5, 0.6) is 5.75 Å². The number of carbonyl (C=O) groups is 2. The van der Waals surface area contributed by atoms with Crippen LogP contribution in [0.3, 0.4) is 0 Å². The highest BCUT2D eigenvalue weighted by Crippen LogP contribution is 2.32. The van der Waals surface area contributed by atoms with Crippen molar-refractivity contribution >= 4 is 72.4 Å². The number of hydrogen-bond donors (Lipinski definition) is 2. The van der Waals surface area contributed by atoms with Gasteiger partial charge in [-0.3, -0.25) is 14.9 Å². The predicted octanol–water partition coefficient (Wildman–Crippen LogP) is 5.31. The van der Waals surface area contributed by atoms with Crippen molar-refractivity contribution in [2.75, 3.05) is 43.5 Å². The van der Waals surface area contributed by atoms with E-state index in [2.05, 4.69) is 47.4 Å². The van der Waals surface area contributed by atoms with Crippen LogP contribution in [-0.4, -0.2) is 55.1 Å². The average molecular weight is 632 g/mol. The second-order valence-electron chi connectivity index (χ2n) is 8.07. The van der Waals surface area contributed by atoms with Gasteiger partial charge in [-0.25, -0.2) is 0 Å². The fraction of sp³-hybridized carbons (Fsp3) is 0.192. The first-order valence-electron chi connectivity index (χ1n) is 11.2. The van der Waals surface area contributed by atoms with Crippen LogP contribution in [0.15, 0.2) is 75.7 Å². The van der Waals surface area contributed by atoms with Gasteiger partial charge in [-0.2, -0.15) is 0 Å². The zero-order valence-electron chi connectivity index (χ0n) is 19.5. The number of amides is 2. The molecule has 3 aromatic rings. The molecule has 1 saturated heterocycles. The highest BCUT2D eigenvalue weighted by molar-refractivity contribution is 9.11. The van der Waals surface area contributed by atoms with E-state index in [0.29, 0.717) is 28.9 Å². The van der Waals surface area contributed by atoms with Gasteiger partial charge in [0.05, 0.1) is 17.1 Å². The molecule has 4 rings (SSSR count). The molecule has 0 bridgehead atoms. The molecule has 2 N–H and O–H groups in total. The predicted molar refractivity (Wildman–Crippen MR) is 153 cm³/mol. The number of rotatable bonds is 5. The van der Waals surface area contributed by atoms with Crippen LogP contribution in [-0.2, 0) is 0 Å². The molecule has 10 heteroatoms. The van der Waals surface area contributed by atoms with Gasteiger partial charge < -0.3 is 19.9 Å². The Labute approximate surface area is 232 Å². The molecule has 186 valence electrons. The van der Waals surface area contributed by atoms with Crippen molar-refractivity contribution in [1.82, 2.24) is 10.2 Å². The Hall–Kier alpha value is -2.95. The second kappa shape index (κ2) is 11.9. The van der Waals surface area contributed by atoms with Gasteiger partial charge in [-0.15, -0.1) is 0 Å². The monoisotopic (exact) mass is 630 g/mol. The molecule has 0 atom stereocenters. The smallest absolute Gasteiger partial charge is 0.261 e. The van der Waals surface area contributed by atoms with Crippen LogP contribution in [0, 0.1) is 0 Å². The van der Waals surface area contributed by atoms with E-state index in [1.165, 1.54) is 7.11 Å². The molecular formula is C26H24Br2N4O3S. The number of hydrogen-bond acceptors (Lipinski definition) is 5. The second-order valence-corrected chi connectivity index (χ2v) is 10.2. The molecule has 1 fully saturated rings. The van der Waals surface area contributed by atoms with Gasteiger partial charge in [0.25, 0.3) is 11.8 Å². The lowest BCUT2D eigenvalue weighted by molar-refractivity contribution is 0.0746. The van der Waals surface area contributed by atoms with Crippen LogP contribution < -0.4 is 20.3 Å². The molecular weight excluding hydrogens is 608 g/mol. The summed E-state index contributed by atoms with van der Waals surface area (Å²) in [7, 11) is 1.50. The van der Waals surface area contributed by atoms with Crippen LogP contribution in [0.2, 0.25) is 0 Å². The van der Waals surface area contributed by atoms with Crippen molar-refractivity contribution in [2.45, 2.75) is 0 Å². The van der Waals surface area contributed by atoms with Crippen molar-refractivity contribution in [3.63, 3.8) is 0 Å². The maximum absolute atomic E-state index is 12.8. The molecule has 3 aromatic carbocycles. The van der Waals surface area contributed by atoms with Crippen LogP contribution in [0.4, 0.5) is 11.4 Å². The van der Waals surface area contributed by atoms with Gasteiger partial charge in [0.2, 0.25) is 0 Å². The molecule has 0 radical (unpaired) electrons. The van der Waals surface area contributed by atoms with Crippen molar-refractivity contribution in [2.24, 2.45) is 0 Å². The fourth-order valence-electron chi connectivity index (χ4n) is 3.96. The van der Waals surface area contributed by atoms with Gasteiger partial charge in [-0.05, 0) is 76.7 Å².